The van der Waals surface area contributed by atoms with Gasteiger partial charge >= 0.3 is 0 Å². The highest BCUT2D eigenvalue weighted by Gasteiger charge is 2.23. The quantitative estimate of drug-likeness (QED) is 0.647. The van der Waals surface area contributed by atoms with E-state index in [-0.39, 0.29) is 11.6 Å². The van der Waals surface area contributed by atoms with Crippen LogP contribution in [0.3, 0.4) is 0 Å². The van der Waals surface area contributed by atoms with E-state index in [4.69, 9.17) is 4.74 Å². The molecule has 22 heavy (non-hydrogen) atoms. The number of carbonyl (C=O) groups is 2. The molecule has 1 atom stereocenters. The number of benzene rings is 1. The minimum Gasteiger partial charge on any atom is -0.496 e. The first kappa shape index (κ1) is 18.4. The summed E-state index contributed by atoms with van der Waals surface area (Å²) in [4.78, 5) is 24.2. The normalized spacial score (nSPS) is 12.3. The van der Waals surface area contributed by atoms with Gasteiger partial charge in [-0.3, -0.25) is 9.59 Å². The molecule has 0 saturated heterocycles. The molecule has 1 rings (SSSR count). The first-order valence-corrected chi connectivity index (χ1v) is 8.07. The predicted octanol–water partition coefficient (Wildman–Crippen LogP) is 4.01. The molecule has 0 N–H and O–H groups in total. The number of ketones is 2. The van der Waals surface area contributed by atoms with E-state index in [9.17, 15) is 9.59 Å². The first-order valence-electron chi connectivity index (χ1n) is 8.07. The van der Waals surface area contributed by atoms with Crippen LogP contribution in [0.4, 0.5) is 0 Å². The van der Waals surface area contributed by atoms with E-state index in [2.05, 4.69) is 20.8 Å². The largest absolute Gasteiger partial charge is 0.496 e. The molecule has 1 unspecified atom stereocenters. The van der Waals surface area contributed by atoms with Crippen molar-refractivity contribution in [2.45, 2.75) is 53.4 Å². The summed E-state index contributed by atoms with van der Waals surface area (Å²) in [5, 5.41) is 0. The van der Waals surface area contributed by atoms with Gasteiger partial charge in [-0.25, -0.2) is 0 Å². The van der Waals surface area contributed by atoms with Crippen molar-refractivity contribution >= 4 is 11.6 Å². The van der Waals surface area contributed by atoms with E-state index in [1.807, 2.05) is 18.2 Å². The highest BCUT2D eigenvalue weighted by molar-refractivity contribution is 6.01. The lowest BCUT2D eigenvalue weighted by atomic mass is 9.88. The maximum absolute atomic E-state index is 12.3. The number of aryl methyl sites for hydroxylation is 1. The van der Waals surface area contributed by atoms with Gasteiger partial charge in [0.05, 0.1) is 13.0 Å². The summed E-state index contributed by atoms with van der Waals surface area (Å²) in [7, 11) is 1.65. The molecule has 3 heteroatoms. The van der Waals surface area contributed by atoms with Crippen LogP contribution in [0.15, 0.2) is 18.2 Å². The first-order chi connectivity index (χ1) is 10.4. The molecule has 3 nitrogen and oxygen atoms in total. The van der Waals surface area contributed by atoms with Gasteiger partial charge in [-0.1, -0.05) is 32.9 Å². The maximum atomic E-state index is 12.3. The third kappa shape index (κ3) is 5.28. The van der Waals surface area contributed by atoms with Gasteiger partial charge in [0.15, 0.2) is 0 Å². The Hall–Kier alpha value is -1.64. The molecule has 1 aromatic carbocycles. The third-order valence-electron chi connectivity index (χ3n) is 4.01. The van der Waals surface area contributed by atoms with Crippen molar-refractivity contribution in [2.75, 3.05) is 7.11 Å². The third-order valence-corrected chi connectivity index (χ3v) is 4.01. The van der Waals surface area contributed by atoms with Crippen molar-refractivity contribution in [3.8, 4) is 5.75 Å². The van der Waals surface area contributed by atoms with E-state index in [1.165, 1.54) is 6.92 Å². The number of hydrogen-bond acceptors (Lipinski definition) is 3. The molecule has 0 aromatic heterocycles. The zero-order valence-electron chi connectivity index (χ0n) is 14.4. The van der Waals surface area contributed by atoms with Gasteiger partial charge in [0.25, 0.3) is 0 Å². The summed E-state index contributed by atoms with van der Waals surface area (Å²) in [6, 6.07) is 5.91. The summed E-state index contributed by atoms with van der Waals surface area (Å²) in [5.41, 5.74) is 2.13. The van der Waals surface area contributed by atoms with Gasteiger partial charge in [-0.15, -0.1) is 0 Å². The second-order valence-electron chi connectivity index (χ2n) is 6.27. The van der Waals surface area contributed by atoms with Crippen LogP contribution in [-0.4, -0.2) is 18.7 Å². The fourth-order valence-electron chi connectivity index (χ4n) is 2.56. The van der Waals surface area contributed by atoms with Gasteiger partial charge in [-0.05, 0) is 49.3 Å². The Morgan fingerprint density at radius 2 is 1.91 bits per heavy atom. The van der Waals surface area contributed by atoms with Gasteiger partial charge < -0.3 is 4.74 Å². The predicted molar refractivity (Wildman–Crippen MR) is 89.3 cm³/mol. The molecule has 0 heterocycles. The Kier molecular flexibility index (Phi) is 7.30. The molecule has 0 aliphatic heterocycles. The zero-order valence-corrected chi connectivity index (χ0v) is 14.4. The van der Waals surface area contributed by atoms with Crippen LogP contribution in [0, 0.1) is 11.8 Å². The van der Waals surface area contributed by atoms with Crippen LogP contribution in [0.25, 0.3) is 0 Å². The number of rotatable bonds is 9. The van der Waals surface area contributed by atoms with Crippen molar-refractivity contribution in [3.05, 3.63) is 29.3 Å². The minimum atomic E-state index is -0.517. The van der Waals surface area contributed by atoms with Gasteiger partial charge in [0, 0.05) is 6.42 Å². The molecule has 1 aromatic rings. The Morgan fingerprint density at radius 1 is 1.23 bits per heavy atom. The van der Waals surface area contributed by atoms with Crippen LogP contribution in [0.2, 0.25) is 0 Å². The molecule has 0 aliphatic carbocycles. The van der Waals surface area contributed by atoms with Crippen molar-refractivity contribution in [1.82, 2.24) is 0 Å². The number of hydrogen-bond donors (Lipinski definition) is 0. The van der Waals surface area contributed by atoms with E-state index < -0.39 is 5.92 Å². The zero-order chi connectivity index (χ0) is 16.7. The number of ether oxygens (including phenoxy) is 1. The lowest BCUT2D eigenvalue weighted by molar-refractivity contribution is -0.131. The molecular weight excluding hydrogens is 276 g/mol. The van der Waals surface area contributed by atoms with Gasteiger partial charge in [0.1, 0.15) is 17.3 Å². The SMILES string of the molecule is CCc1cc(CC(C(C)=O)C(=O)CCC(C)C)ccc1OC. The van der Waals surface area contributed by atoms with E-state index in [0.29, 0.717) is 18.8 Å². The summed E-state index contributed by atoms with van der Waals surface area (Å²) in [6.07, 6.45) is 2.68. The topological polar surface area (TPSA) is 43.4 Å². The summed E-state index contributed by atoms with van der Waals surface area (Å²) < 4.78 is 5.32. The number of Topliss-reactive ketones (excluding diaryl/α,β-unsaturated/α-hetero) is 2. The Bertz CT molecular complexity index is 517. The van der Waals surface area contributed by atoms with Crippen LogP contribution < -0.4 is 4.74 Å². The molecule has 0 bridgehead atoms. The van der Waals surface area contributed by atoms with Crippen LogP contribution in [0.1, 0.15) is 51.7 Å². The molecule has 0 aliphatic rings. The summed E-state index contributed by atoms with van der Waals surface area (Å²) in [6.45, 7) is 7.76. The summed E-state index contributed by atoms with van der Waals surface area (Å²) >= 11 is 0. The lowest BCUT2D eigenvalue weighted by Crippen LogP contribution is -2.24. The molecule has 0 amide bonds. The standard InChI is InChI=1S/C19H28O3/c1-6-16-11-15(8-10-19(16)22-5)12-17(14(4)20)18(21)9-7-13(2)3/h8,10-11,13,17H,6-7,9,12H2,1-5H3. The molecule has 122 valence electrons. The van der Waals surface area contributed by atoms with E-state index in [0.717, 1.165) is 29.7 Å². The van der Waals surface area contributed by atoms with Crippen molar-refractivity contribution in [1.29, 1.82) is 0 Å². The number of carbonyl (C=O) groups excluding carboxylic acids is 2. The second-order valence-corrected chi connectivity index (χ2v) is 6.27. The van der Waals surface area contributed by atoms with Crippen molar-refractivity contribution in [2.24, 2.45) is 11.8 Å². The maximum Gasteiger partial charge on any atom is 0.143 e. The molecule has 0 fully saturated rings. The average molecular weight is 304 g/mol. The second kappa shape index (κ2) is 8.72. The fourth-order valence-corrected chi connectivity index (χ4v) is 2.56. The fraction of sp³-hybridized carbons (Fsp3) is 0.579. The van der Waals surface area contributed by atoms with Gasteiger partial charge in [-0.2, -0.15) is 0 Å². The van der Waals surface area contributed by atoms with Crippen LogP contribution in [0.5, 0.6) is 5.75 Å². The average Bonchev–Trinajstić information content (AvgIpc) is 2.49. The van der Waals surface area contributed by atoms with Crippen molar-refractivity contribution < 1.29 is 14.3 Å². The molecular formula is C19H28O3. The molecule has 0 spiro atoms. The Morgan fingerprint density at radius 3 is 2.41 bits per heavy atom. The summed E-state index contributed by atoms with van der Waals surface area (Å²) in [5.74, 6) is 0.843. The highest BCUT2D eigenvalue weighted by atomic mass is 16.5. The van der Waals surface area contributed by atoms with Crippen molar-refractivity contribution in [3.63, 3.8) is 0 Å². The minimum absolute atomic E-state index is 0.0392. The van der Waals surface area contributed by atoms with Crippen LogP contribution >= 0.6 is 0 Å². The lowest BCUT2D eigenvalue weighted by Gasteiger charge is -2.15. The number of methoxy groups -OCH3 is 1. The Labute approximate surface area is 134 Å². The van der Waals surface area contributed by atoms with Gasteiger partial charge in [0.2, 0.25) is 0 Å². The van der Waals surface area contributed by atoms with E-state index in [1.54, 1.807) is 7.11 Å². The van der Waals surface area contributed by atoms with Crippen LogP contribution in [-0.2, 0) is 22.4 Å². The smallest absolute Gasteiger partial charge is 0.143 e. The molecule has 0 saturated carbocycles. The van der Waals surface area contributed by atoms with E-state index >= 15 is 0 Å². The monoisotopic (exact) mass is 304 g/mol. The molecule has 0 radical (unpaired) electrons. The highest BCUT2D eigenvalue weighted by Crippen LogP contribution is 2.23. The Balaban J connectivity index is 2.87.